The topological polar surface area (TPSA) is 116 Å². The largest absolute Gasteiger partial charge is 0.328 e. The Morgan fingerprint density at radius 2 is 0.477 bits per heavy atom. The summed E-state index contributed by atoms with van der Waals surface area (Å²) < 4.78 is 0. The Labute approximate surface area is 778 Å². The first-order chi connectivity index (χ1) is 64.4. The van der Waals surface area contributed by atoms with E-state index in [1.807, 2.05) is 114 Å². The molecule has 8 heterocycles. The van der Waals surface area contributed by atoms with Gasteiger partial charge in [-0.15, -0.1) is 0 Å². The van der Waals surface area contributed by atoms with Crippen LogP contribution in [0.2, 0.25) is 0 Å². The molecule has 10 aromatic carbocycles. The lowest BCUT2D eigenvalue weighted by molar-refractivity contribution is 0.000659. The summed E-state index contributed by atoms with van der Waals surface area (Å²) in [5.74, 6) is 6.95. The van der Waals surface area contributed by atoms with Crippen LogP contribution in [0.1, 0.15) is 75.3 Å². The minimum Gasteiger partial charge on any atom is -0.328 e. The van der Waals surface area contributed by atoms with Crippen molar-refractivity contribution in [2.24, 2.45) is 47.3 Å². The van der Waals surface area contributed by atoms with Crippen molar-refractivity contribution >= 4 is 88.1 Å². The zero-order valence-electron chi connectivity index (χ0n) is 72.4. The average molecular weight is 1770 g/mol. The van der Waals surface area contributed by atoms with E-state index in [2.05, 4.69) is 349 Å². The number of anilines is 8. The first-order valence-corrected chi connectivity index (χ1v) is 49.0. The van der Waals surface area contributed by atoms with Crippen molar-refractivity contribution in [1.82, 2.24) is 39.9 Å². The Morgan fingerprint density at radius 1 is 0.223 bits per heavy atom. The highest BCUT2D eigenvalue weighted by Crippen LogP contribution is 2.61. The van der Waals surface area contributed by atoms with Gasteiger partial charge in [-0.05, 0) is 220 Å². The Bertz CT molecular complexity index is 6170. The van der Waals surface area contributed by atoms with Gasteiger partial charge in [-0.2, -0.15) is 0 Å². The van der Waals surface area contributed by atoms with Crippen LogP contribution < -0.4 is 19.6 Å². The summed E-state index contributed by atoms with van der Waals surface area (Å²) >= 11 is 7.05. The number of hydrogen-bond donors (Lipinski definition) is 0. The summed E-state index contributed by atoms with van der Waals surface area (Å²) in [6.45, 7) is 1.53. The Kier molecular flexibility index (Phi) is 25.2. The summed E-state index contributed by atoms with van der Waals surface area (Å²) in [4.78, 5) is 48.3. The van der Waals surface area contributed by atoms with Gasteiger partial charge in [0.2, 0.25) is 0 Å². The number of nitrogens with zero attached hydrogens (tertiary/aromatic N) is 12. The predicted octanol–water partition coefficient (Wildman–Crippen LogP) is 30.1. The lowest BCUT2D eigenvalue weighted by Gasteiger charge is -2.57. The third-order valence-corrected chi connectivity index (χ3v) is 31.1. The van der Waals surface area contributed by atoms with Crippen LogP contribution in [0.4, 0.5) is 42.8 Å². The molecule has 8 aromatic heterocycles. The van der Waals surface area contributed by atoms with Crippen LogP contribution >= 0.6 is 45.3 Å². The smallest absolute Gasteiger partial charge is 0.144 e. The summed E-state index contributed by atoms with van der Waals surface area (Å²) in [7, 11) is 0. The second kappa shape index (κ2) is 39.2. The third-order valence-electron chi connectivity index (χ3n) is 26.7. The van der Waals surface area contributed by atoms with Crippen LogP contribution in [-0.4, -0.2) is 52.0 Å². The Morgan fingerprint density at radius 3 is 0.785 bits per heavy atom. The highest BCUT2D eigenvalue weighted by atomic mass is 32.1. The number of para-hydroxylation sites is 4. The normalized spacial score (nSPS) is 19.3. The SMILES string of the molecule is c1ccc(-c2nc(-c3ccccn3)sc2N(c2ccccc2)C2C3CC4CC(C3)CC2C4)cc1.c1ccc(-c2nc(-c3ccncc3)sc2N(c2ccccc2)C2C3CC4CC(C3)CC2C4)cc1.c1ccc(CN(c2ccccc2)c2sc(-c3ccccn3)nc2-c2ccccc2)cc1.c1ccc(CN(c2ccccc2)c2sc(-c3ccncc3)nc2-c2ccccc2)cc1. The van der Waals surface area contributed by atoms with Crippen molar-refractivity contribution in [3.05, 3.63) is 412 Å². The van der Waals surface area contributed by atoms with Gasteiger partial charge in [0, 0.05) is 118 Å². The molecule has 16 heteroatoms. The van der Waals surface area contributed by atoms with E-state index in [1.54, 1.807) is 22.7 Å². The second-order valence-electron chi connectivity index (χ2n) is 35.1. The number of thiazole rings is 4. The van der Waals surface area contributed by atoms with Crippen LogP contribution in [0.15, 0.2) is 401 Å². The van der Waals surface area contributed by atoms with E-state index in [1.165, 1.54) is 108 Å². The third kappa shape index (κ3) is 18.5. The summed E-state index contributed by atoms with van der Waals surface area (Å²) in [5, 5.41) is 8.79. The van der Waals surface area contributed by atoms with Crippen molar-refractivity contribution in [3.63, 3.8) is 0 Å². The van der Waals surface area contributed by atoms with Crippen molar-refractivity contribution in [3.8, 4) is 87.6 Å². The molecule has 0 radical (unpaired) electrons. The van der Waals surface area contributed by atoms with Crippen molar-refractivity contribution in [1.29, 1.82) is 0 Å². The van der Waals surface area contributed by atoms with Gasteiger partial charge in [-0.3, -0.25) is 19.9 Å². The van der Waals surface area contributed by atoms with Gasteiger partial charge in [-0.25, -0.2) is 19.9 Å². The molecule has 0 amide bonds. The van der Waals surface area contributed by atoms with Crippen LogP contribution in [0.3, 0.4) is 0 Å². The lowest BCUT2D eigenvalue weighted by atomic mass is 9.54. The number of pyridine rings is 4. The average Bonchev–Trinajstić information content (AvgIpc) is 1.30. The molecule has 8 saturated carbocycles. The predicted molar refractivity (Wildman–Crippen MR) is 539 cm³/mol. The van der Waals surface area contributed by atoms with E-state index >= 15 is 0 Å². The maximum absolute atomic E-state index is 5.26. The molecule has 0 aliphatic heterocycles. The minimum atomic E-state index is 0.551. The lowest BCUT2D eigenvalue weighted by Crippen LogP contribution is -2.54. The Balaban J connectivity index is 0.000000105. The van der Waals surface area contributed by atoms with Crippen molar-refractivity contribution in [2.75, 3.05) is 19.6 Å². The molecule has 0 N–H and O–H groups in total. The van der Waals surface area contributed by atoms with E-state index in [9.17, 15) is 0 Å². The fourth-order valence-corrected chi connectivity index (χ4v) is 26.0. The van der Waals surface area contributed by atoms with Gasteiger partial charge < -0.3 is 19.6 Å². The van der Waals surface area contributed by atoms with Crippen LogP contribution in [-0.2, 0) is 13.1 Å². The van der Waals surface area contributed by atoms with Gasteiger partial charge in [0.05, 0.1) is 11.4 Å². The fourth-order valence-electron chi connectivity index (χ4n) is 21.5. The van der Waals surface area contributed by atoms with Crippen LogP contribution in [0.5, 0.6) is 0 Å². The molecule has 130 heavy (non-hydrogen) atoms. The molecule has 12 nitrogen and oxygen atoms in total. The zero-order chi connectivity index (χ0) is 86.7. The molecular formula is C114H100N12S4. The van der Waals surface area contributed by atoms with Gasteiger partial charge in [0.1, 0.15) is 62.8 Å². The maximum atomic E-state index is 5.26. The molecule has 26 rings (SSSR count). The number of aromatic nitrogens is 8. The van der Waals surface area contributed by atoms with E-state index in [0.717, 1.165) is 158 Å². The molecule has 0 spiro atoms. The standard InChI is InChI=1S/2C30H29N3S.2C27H21N3S/c1-3-9-22(10-4-1)27-30(34-29(32-27)26-13-7-8-14-31-26)33(25-11-5-2-6-12-25)28-23-16-20-15-21(18-23)19-24(28)17-20;1-3-7-22(8-4-1)27-30(34-29(32-27)23-11-13-31-14-12-23)33(26-9-5-2-6-10-26)28-24-16-20-15-21(18-24)19-25(28)17-20;1-4-12-21(13-5-1)20-30(23-16-8-3-9-17-23)27-25(22-14-6-2-7-15-22)29-26(31-27)24-18-10-11-19-28-24;1-4-10-21(11-5-1)20-30(24-14-8-3-9-15-24)27-25(22-12-6-2-7-13-22)29-26(31-27)23-16-18-28-19-17-23/h1-14,20-21,23-24,28H,15-19H2;1-14,20-21,24-25,28H,15-19H2;2*1-19H,20H2. The highest BCUT2D eigenvalue weighted by Gasteiger charge is 2.53. The summed E-state index contributed by atoms with van der Waals surface area (Å²) in [5.41, 5.74) is 20.2. The monoisotopic (exact) mass is 1760 g/mol. The first kappa shape index (κ1) is 83.4. The van der Waals surface area contributed by atoms with Gasteiger partial charge in [0.15, 0.2) is 0 Å². The molecule has 0 unspecified atom stereocenters. The zero-order valence-corrected chi connectivity index (χ0v) is 75.6. The van der Waals surface area contributed by atoms with E-state index in [4.69, 9.17) is 19.9 Å². The van der Waals surface area contributed by atoms with Crippen molar-refractivity contribution < 1.29 is 0 Å². The molecule has 8 bridgehead atoms. The quantitative estimate of drug-likeness (QED) is 0.0643. The second-order valence-corrected chi connectivity index (χ2v) is 39.0. The minimum absolute atomic E-state index is 0.551. The van der Waals surface area contributed by atoms with E-state index in [0.29, 0.717) is 12.1 Å². The first-order valence-electron chi connectivity index (χ1n) is 45.7. The molecule has 18 aromatic rings. The molecule has 8 fully saturated rings. The summed E-state index contributed by atoms with van der Waals surface area (Å²) in [6.07, 6.45) is 25.2. The molecule has 8 aliphatic carbocycles. The summed E-state index contributed by atoms with van der Waals surface area (Å²) in [6, 6.07) is 128. The van der Waals surface area contributed by atoms with Crippen LogP contribution in [0, 0.1) is 47.3 Å². The maximum Gasteiger partial charge on any atom is 0.144 e. The Hall–Kier alpha value is -13.5. The van der Waals surface area contributed by atoms with Gasteiger partial charge in [-0.1, -0.05) is 312 Å². The number of hydrogen-bond acceptors (Lipinski definition) is 16. The van der Waals surface area contributed by atoms with Crippen LogP contribution in [0.25, 0.3) is 87.6 Å². The van der Waals surface area contributed by atoms with E-state index in [-0.39, 0.29) is 0 Å². The van der Waals surface area contributed by atoms with E-state index < -0.39 is 0 Å². The number of benzene rings is 10. The molecule has 8 aliphatic rings. The fraction of sp³-hybridized carbons (Fsp3) is 0.193. The number of rotatable bonds is 22. The van der Waals surface area contributed by atoms with Gasteiger partial charge in [0.25, 0.3) is 0 Å². The molecule has 0 atom stereocenters. The molecule has 0 saturated heterocycles. The van der Waals surface area contributed by atoms with Gasteiger partial charge >= 0.3 is 0 Å². The van der Waals surface area contributed by atoms with Crippen molar-refractivity contribution in [2.45, 2.75) is 89.4 Å². The highest BCUT2D eigenvalue weighted by molar-refractivity contribution is 7.20. The molecule has 640 valence electrons. The molecular weight excluding hydrogens is 1670 g/mol.